The van der Waals surface area contributed by atoms with E-state index in [1.165, 1.54) is 18.9 Å². The first-order chi connectivity index (χ1) is 8.19. The maximum Gasteiger partial charge on any atom is 0.0272 e. The highest BCUT2D eigenvalue weighted by Crippen LogP contribution is 2.32. The lowest BCUT2D eigenvalue weighted by atomic mass is 10.2. The van der Waals surface area contributed by atoms with Crippen LogP contribution >= 0.6 is 50.3 Å². The number of hydrogen-bond acceptors (Lipinski definition) is 1. The molecule has 0 amide bonds. The van der Waals surface area contributed by atoms with Crippen molar-refractivity contribution < 1.29 is 0 Å². The smallest absolute Gasteiger partial charge is 0.0272 e. The summed E-state index contributed by atoms with van der Waals surface area (Å²) in [4.78, 5) is 2.60. The van der Waals surface area contributed by atoms with Gasteiger partial charge in [0.1, 0.15) is 0 Å². The van der Waals surface area contributed by atoms with E-state index in [9.17, 15) is 0 Å². The molecular formula is C14H12BrIS. The summed E-state index contributed by atoms with van der Waals surface area (Å²) < 4.78 is 2.45. The summed E-state index contributed by atoms with van der Waals surface area (Å²) in [5.74, 6) is 0. The third kappa shape index (κ3) is 3.73. The van der Waals surface area contributed by atoms with E-state index in [4.69, 9.17) is 0 Å². The normalized spacial score (nSPS) is 10.5. The fourth-order valence-corrected chi connectivity index (χ4v) is 3.47. The molecule has 0 atom stereocenters. The van der Waals surface area contributed by atoms with Gasteiger partial charge < -0.3 is 0 Å². The molecule has 2 aromatic rings. The van der Waals surface area contributed by atoms with Crippen molar-refractivity contribution >= 4 is 50.3 Å². The summed E-state index contributed by atoms with van der Waals surface area (Å²) in [5, 5.41) is 0. The molecular weight excluding hydrogens is 407 g/mol. The van der Waals surface area contributed by atoms with Gasteiger partial charge >= 0.3 is 0 Å². The number of halogens is 2. The molecule has 2 aromatic carbocycles. The third-order valence-corrected chi connectivity index (χ3v) is 5.32. The SMILES string of the molecule is CCc1ccc(Sc2ccc(Br)cc2)c(I)c1. The number of rotatable bonds is 3. The van der Waals surface area contributed by atoms with Gasteiger partial charge in [-0.3, -0.25) is 0 Å². The van der Waals surface area contributed by atoms with Gasteiger partial charge in [-0.1, -0.05) is 40.7 Å². The third-order valence-electron chi connectivity index (χ3n) is 2.45. The molecule has 0 aliphatic rings. The van der Waals surface area contributed by atoms with E-state index in [1.807, 2.05) is 11.8 Å². The van der Waals surface area contributed by atoms with Crippen molar-refractivity contribution in [1.29, 1.82) is 0 Å². The molecule has 0 saturated heterocycles. The Balaban J connectivity index is 2.21. The number of aryl methyl sites for hydroxylation is 1. The first kappa shape index (κ1) is 13.4. The fraction of sp³-hybridized carbons (Fsp3) is 0.143. The first-order valence-corrected chi connectivity index (χ1v) is 8.09. The average Bonchev–Trinajstić information content (AvgIpc) is 2.34. The molecule has 0 bridgehead atoms. The molecule has 2 rings (SSSR count). The summed E-state index contributed by atoms with van der Waals surface area (Å²) in [7, 11) is 0. The molecule has 17 heavy (non-hydrogen) atoms. The van der Waals surface area contributed by atoms with Gasteiger partial charge in [-0.25, -0.2) is 0 Å². The van der Waals surface area contributed by atoms with E-state index in [0.717, 1.165) is 10.9 Å². The van der Waals surface area contributed by atoms with Crippen LogP contribution in [0.2, 0.25) is 0 Å². The van der Waals surface area contributed by atoms with Gasteiger partial charge in [-0.05, 0) is 71.0 Å². The highest BCUT2D eigenvalue weighted by atomic mass is 127. The fourth-order valence-electron chi connectivity index (χ4n) is 1.48. The van der Waals surface area contributed by atoms with Crippen LogP contribution in [0.3, 0.4) is 0 Å². The summed E-state index contributed by atoms with van der Waals surface area (Å²) in [6.07, 6.45) is 1.10. The van der Waals surface area contributed by atoms with Crippen molar-refractivity contribution in [1.82, 2.24) is 0 Å². The maximum absolute atomic E-state index is 3.45. The summed E-state index contributed by atoms with van der Waals surface area (Å²) in [5.41, 5.74) is 1.40. The Morgan fingerprint density at radius 1 is 1.12 bits per heavy atom. The van der Waals surface area contributed by atoms with E-state index >= 15 is 0 Å². The summed E-state index contributed by atoms with van der Waals surface area (Å²) in [6.45, 7) is 2.19. The van der Waals surface area contributed by atoms with Crippen LogP contribution in [0.15, 0.2) is 56.7 Å². The van der Waals surface area contributed by atoms with Gasteiger partial charge in [0.05, 0.1) is 0 Å². The zero-order valence-electron chi connectivity index (χ0n) is 9.41. The Morgan fingerprint density at radius 3 is 2.41 bits per heavy atom. The highest BCUT2D eigenvalue weighted by Gasteiger charge is 2.03. The minimum absolute atomic E-state index is 1.10. The quantitative estimate of drug-likeness (QED) is 0.570. The van der Waals surface area contributed by atoms with Gasteiger partial charge in [-0.2, -0.15) is 0 Å². The average molecular weight is 419 g/mol. The standard InChI is InChI=1S/C14H12BrIS/c1-2-10-3-8-14(13(16)9-10)17-12-6-4-11(15)5-7-12/h3-9H,2H2,1H3. The van der Waals surface area contributed by atoms with Crippen LogP contribution < -0.4 is 0 Å². The van der Waals surface area contributed by atoms with Gasteiger partial charge in [0.25, 0.3) is 0 Å². The van der Waals surface area contributed by atoms with E-state index in [-0.39, 0.29) is 0 Å². The van der Waals surface area contributed by atoms with Crippen molar-refractivity contribution in [2.24, 2.45) is 0 Å². The lowest BCUT2D eigenvalue weighted by molar-refractivity contribution is 1.12. The van der Waals surface area contributed by atoms with Crippen LogP contribution in [0.4, 0.5) is 0 Å². The molecule has 3 heteroatoms. The Kier molecular flexibility index (Phi) is 4.94. The molecule has 0 heterocycles. The zero-order valence-corrected chi connectivity index (χ0v) is 14.0. The minimum Gasteiger partial charge on any atom is -0.0890 e. The molecule has 0 radical (unpaired) electrons. The second kappa shape index (κ2) is 6.25. The largest absolute Gasteiger partial charge is 0.0890 e. The van der Waals surface area contributed by atoms with Gasteiger partial charge in [0.15, 0.2) is 0 Å². The second-order valence-corrected chi connectivity index (χ2v) is 6.87. The van der Waals surface area contributed by atoms with Crippen LogP contribution in [0, 0.1) is 3.57 Å². The van der Waals surface area contributed by atoms with E-state index in [1.54, 1.807) is 0 Å². The highest BCUT2D eigenvalue weighted by molar-refractivity contribution is 14.1. The zero-order chi connectivity index (χ0) is 12.3. The van der Waals surface area contributed by atoms with E-state index < -0.39 is 0 Å². The lowest BCUT2D eigenvalue weighted by Gasteiger charge is -2.06. The van der Waals surface area contributed by atoms with Gasteiger partial charge in [-0.15, -0.1) is 0 Å². The molecule has 0 fully saturated rings. The van der Waals surface area contributed by atoms with Crippen molar-refractivity contribution in [3.63, 3.8) is 0 Å². The molecule has 0 nitrogen and oxygen atoms in total. The van der Waals surface area contributed by atoms with Crippen LogP contribution in [-0.2, 0) is 6.42 Å². The van der Waals surface area contributed by atoms with Crippen LogP contribution in [0.25, 0.3) is 0 Å². The Labute approximate surface area is 128 Å². The predicted octanol–water partition coefficient (Wildman–Crippen LogP) is 5.77. The second-order valence-electron chi connectivity index (χ2n) is 3.67. The molecule has 0 aromatic heterocycles. The monoisotopic (exact) mass is 418 g/mol. The van der Waals surface area contributed by atoms with Gasteiger partial charge in [0.2, 0.25) is 0 Å². The number of hydrogen-bond donors (Lipinski definition) is 0. The van der Waals surface area contributed by atoms with E-state index in [0.29, 0.717) is 0 Å². The maximum atomic E-state index is 3.45. The molecule has 0 aliphatic carbocycles. The number of benzene rings is 2. The van der Waals surface area contributed by atoms with Crippen LogP contribution in [-0.4, -0.2) is 0 Å². The van der Waals surface area contributed by atoms with Gasteiger partial charge in [0, 0.05) is 17.8 Å². The van der Waals surface area contributed by atoms with E-state index in [2.05, 4.69) is 87.9 Å². The molecule has 0 spiro atoms. The van der Waals surface area contributed by atoms with Crippen LogP contribution in [0.1, 0.15) is 12.5 Å². The van der Waals surface area contributed by atoms with Crippen molar-refractivity contribution in [2.75, 3.05) is 0 Å². The topological polar surface area (TPSA) is 0 Å². The molecule has 0 aliphatic heterocycles. The molecule has 88 valence electrons. The first-order valence-electron chi connectivity index (χ1n) is 5.41. The van der Waals surface area contributed by atoms with Crippen molar-refractivity contribution in [3.8, 4) is 0 Å². The minimum atomic E-state index is 1.10. The van der Waals surface area contributed by atoms with Crippen LogP contribution in [0.5, 0.6) is 0 Å². The molecule has 0 N–H and O–H groups in total. The predicted molar refractivity (Wildman–Crippen MR) is 86.8 cm³/mol. The summed E-state index contributed by atoms with van der Waals surface area (Å²) in [6, 6.07) is 15.1. The molecule has 0 unspecified atom stereocenters. The lowest BCUT2D eigenvalue weighted by Crippen LogP contribution is -1.84. The van der Waals surface area contributed by atoms with Crippen molar-refractivity contribution in [2.45, 2.75) is 23.1 Å². The Bertz CT molecular complexity index is 508. The Hall–Kier alpha value is -0.000000000000000111. The van der Waals surface area contributed by atoms with Crippen molar-refractivity contribution in [3.05, 3.63) is 56.1 Å². The molecule has 0 saturated carbocycles. The summed E-state index contributed by atoms with van der Waals surface area (Å²) >= 11 is 7.68. The Morgan fingerprint density at radius 2 is 1.82 bits per heavy atom.